The van der Waals surface area contributed by atoms with Gasteiger partial charge in [-0.15, -0.1) is 0 Å². The molecule has 4 amide bonds. The predicted octanol–water partition coefficient (Wildman–Crippen LogP) is 1.17. The first-order valence-corrected chi connectivity index (χ1v) is 12.6. The summed E-state index contributed by atoms with van der Waals surface area (Å²) >= 11 is 0. The van der Waals surface area contributed by atoms with Crippen LogP contribution in [0, 0.1) is 0 Å². The Bertz CT molecular complexity index is 1310. The minimum atomic E-state index is -1.31. The number of ether oxygens (including phenoxy) is 1. The smallest absolute Gasteiger partial charge is 0.305 e. The number of carbonyl (C=O) groups excluding carboxylic acids is 5. The lowest BCUT2D eigenvalue weighted by atomic mass is 10.1. The normalized spacial score (nSPS) is 19.2. The number of hydrogen-bond acceptors (Lipinski definition) is 7. The lowest BCUT2D eigenvalue weighted by molar-refractivity contribution is -0.166. The van der Waals surface area contributed by atoms with E-state index >= 15 is 0 Å². The van der Waals surface area contributed by atoms with Gasteiger partial charge >= 0.3 is 5.97 Å². The van der Waals surface area contributed by atoms with Crippen LogP contribution in [0.3, 0.4) is 0 Å². The van der Waals surface area contributed by atoms with Gasteiger partial charge in [-0.2, -0.15) is 0 Å². The fraction of sp³-hybridized carbons (Fsp3) is 0.286. The molecule has 3 N–H and O–H groups in total. The zero-order valence-electron chi connectivity index (χ0n) is 21.4. The van der Waals surface area contributed by atoms with Crippen molar-refractivity contribution in [3.05, 3.63) is 78.0 Å². The third-order valence-corrected chi connectivity index (χ3v) is 6.42. The summed E-state index contributed by atoms with van der Waals surface area (Å²) in [5, 5.41) is 15.9. The molecule has 2 aromatic carbocycles. The molecule has 0 bridgehead atoms. The maximum absolute atomic E-state index is 13.5. The number of fused-ring (bicyclic) bond motifs is 1. The van der Waals surface area contributed by atoms with Crippen molar-refractivity contribution in [2.45, 2.75) is 50.4 Å². The van der Waals surface area contributed by atoms with Crippen molar-refractivity contribution in [3.8, 4) is 5.75 Å². The van der Waals surface area contributed by atoms with E-state index in [0.29, 0.717) is 18.6 Å². The molecule has 4 rings (SSSR count). The fourth-order valence-corrected chi connectivity index (χ4v) is 4.38. The summed E-state index contributed by atoms with van der Waals surface area (Å²) in [4.78, 5) is 74.5. The molecular formula is C28H28N4O8. The zero-order chi connectivity index (χ0) is 28.6. The number of benzene rings is 2. The van der Waals surface area contributed by atoms with Gasteiger partial charge in [0.1, 0.15) is 30.7 Å². The lowest BCUT2D eigenvalue weighted by Gasteiger charge is -2.39. The molecule has 40 heavy (non-hydrogen) atoms. The van der Waals surface area contributed by atoms with Crippen LogP contribution in [0.25, 0.3) is 0 Å². The van der Waals surface area contributed by atoms with Gasteiger partial charge in [-0.05, 0) is 42.7 Å². The van der Waals surface area contributed by atoms with Crippen molar-refractivity contribution in [1.29, 1.82) is 0 Å². The van der Waals surface area contributed by atoms with E-state index in [1.54, 1.807) is 24.3 Å². The number of aldehydes is 1. The van der Waals surface area contributed by atoms with E-state index in [2.05, 4.69) is 10.6 Å². The minimum Gasteiger partial charge on any atom is -0.489 e. The Morgan fingerprint density at radius 2 is 1.80 bits per heavy atom. The van der Waals surface area contributed by atoms with Crippen LogP contribution in [0.2, 0.25) is 0 Å². The van der Waals surface area contributed by atoms with Crippen LogP contribution in [0.5, 0.6) is 5.75 Å². The summed E-state index contributed by atoms with van der Waals surface area (Å²) in [6, 6.07) is 12.3. The summed E-state index contributed by atoms with van der Waals surface area (Å²) in [5.74, 6) is -3.24. The van der Waals surface area contributed by atoms with E-state index in [-0.39, 0.29) is 24.8 Å². The second-order valence-corrected chi connectivity index (χ2v) is 9.27. The summed E-state index contributed by atoms with van der Waals surface area (Å²) in [7, 11) is 0. The fourth-order valence-electron chi connectivity index (χ4n) is 4.38. The number of carbonyl (C=O) groups is 6. The highest BCUT2D eigenvalue weighted by atomic mass is 16.5. The summed E-state index contributed by atoms with van der Waals surface area (Å²) in [5.41, 5.74) is 1.26. The molecule has 0 aromatic heterocycles. The second-order valence-electron chi connectivity index (χ2n) is 9.27. The van der Waals surface area contributed by atoms with Crippen LogP contribution in [-0.2, 0) is 30.6 Å². The quantitative estimate of drug-likeness (QED) is 0.373. The van der Waals surface area contributed by atoms with Crippen molar-refractivity contribution in [3.63, 3.8) is 0 Å². The number of nitrogens with zero attached hydrogens (tertiary/aromatic N) is 2. The molecule has 3 atom stereocenters. The number of amides is 4. The second kappa shape index (κ2) is 12.7. The van der Waals surface area contributed by atoms with Crippen molar-refractivity contribution < 1.29 is 38.6 Å². The number of hydrazine groups is 1. The Morgan fingerprint density at radius 1 is 1.07 bits per heavy atom. The van der Waals surface area contributed by atoms with Gasteiger partial charge in [-0.25, -0.2) is 10.0 Å². The number of hydrogen-bond donors (Lipinski definition) is 3. The topological polar surface area (TPSA) is 162 Å². The Kier molecular flexibility index (Phi) is 8.89. The van der Waals surface area contributed by atoms with Crippen LogP contribution in [0.1, 0.15) is 41.6 Å². The monoisotopic (exact) mass is 548 g/mol. The molecule has 208 valence electrons. The average molecular weight is 549 g/mol. The maximum atomic E-state index is 13.5. The third kappa shape index (κ3) is 6.70. The molecule has 2 aliphatic heterocycles. The van der Waals surface area contributed by atoms with Gasteiger partial charge in [0.15, 0.2) is 0 Å². The Labute approximate surface area is 229 Å². The third-order valence-electron chi connectivity index (χ3n) is 6.42. The highest BCUT2D eigenvalue weighted by Gasteiger charge is 2.43. The van der Waals surface area contributed by atoms with Gasteiger partial charge in [0, 0.05) is 18.2 Å². The molecule has 2 aliphatic rings. The van der Waals surface area contributed by atoms with Crippen molar-refractivity contribution >= 4 is 35.9 Å². The summed E-state index contributed by atoms with van der Waals surface area (Å²) < 4.78 is 5.74. The zero-order valence-corrected chi connectivity index (χ0v) is 21.4. The van der Waals surface area contributed by atoms with Crippen molar-refractivity contribution in [1.82, 2.24) is 20.7 Å². The van der Waals surface area contributed by atoms with Gasteiger partial charge in [-0.3, -0.25) is 24.0 Å². The number of nitrogens with one attached hydrogen (secondary N) is 2. The number of carboxylic acids is 1. The molecule has 2 heterocycles. The maximum Gasteiger partial charge on any atom is 0.305 e. The first-order chi connectivity index (χ1) is 19.3. The first-order valence-electron chi connectivity index (χ1n) is 12.6. The van der Waals surface area contributed by atoms with E-state index in [0.717, 1.165) is 15.6 Å². The molecule has 0 radical (unpaired) electrons. The molecule has 0 unspecified atom stereocenters. The van der Waals surface area contributed by atoms with Gasteiger partial charge in [-0.1, -0.05) is 36.4 Å². The number of rotatable bonds is 10. The van der Waals surface area contributed by atoms with E-state index in [1.165, 1.54) is 12.3 Å². The van der Waals surface area contributed by atoms with E-state index in [9.17, 15) is 28.8 Å². The van der Waals surface area contributed by atoms with Crippen LogP contribution in [0.4, 0.5) is 0 Å². The lowest BCUT2D eigenvalue weighted by Crippen LogP contribution is -2.62. The molecule has 0 aliphatic carbocycles. The number of carboxylic acid groups (broad SMARTS) is 1. The Balaban J connectivity index is 1.44. The Hall–Kier alpha value is -5.00. The van der Waals surface area contributed by atoms with Crippen LogP contribution >= 0.6 is 0 Å². The standard InChI is InChI=1S/C28H28N4O8/c33-16-20(15-25(35)36)29-27(38)23-7-4-14-31-24(34)13-12-22(28(39)32(23)31)30-26(37)19-8-10-21(11-9-19)40-17-18-5-2-1-3-6-18/h1-6,8-11,14,16,20,22-23H,7,12-13,15,17H2,(H,29,38)(H,30,37)(H,35,36)/t20-,22-,23-/m0/s1. The minimum absolute atomic E-state index is 0.00678. The Morgan fingerprint density at radius 3 is 2.48 bits per heavy atom. The van der Waals surface area contributed by atoms with Gasteiger partial charge < -0.3 is 25.3 Å². The van der Waals surface area contributed by atoms with Gasteiger partial charge in [0.2, 0.25) is 11.8 Å². The molecule has 0 spiro atoms. The molecule has 2 aromatic rings. The highest BCUT2D eigenvalue weighted by Crippen LogP contribution is 2.24. The molecule has 12 heteroatoms. The predicted molar refractivity (Wildman–Crippen MR) is 139 cm³/mol. The largest absolute Gasteiger partial charge is 0.489 e. The molecule has 1 saturated heterocycles. The summed E-state index contributed by atoms with van der Waals surface area (Å²) in [6.07, 6.45) is 2.50. The van der Waals surface area contributed by atoms with E-state index < -0.39 is 54.1 Å². The van der Waals surface area contributed by atoms with E-state index in [1.807, 2.05) is 30.3 Å². The van der Waals surface area contributed by atoms with Crippen molar-refractivity contribution in [2.24, 2.45) is 0 Å². The van der Waals surface area contributed by atoms with Crippen molar-refractivity contribution in [2.75, 3.05) is 0 Å². The highest BCUT2D eigenvalue weighted by molar-refractivity contribution is 6.00. The molecule has 0 saturated carbocycles. The van der Waals surface area contributed by atoms with E-state index in [4.69, 9.17) is 9.84 Å². The molecule has 1 fully saturated rings. The van der Waals surface area contributed by atoms with Gasteiger partial charge in [0.05, 0.1) is 12.5 Å². The molecule has 12 nitrogen and oxygen atoms in total. The van der Waals surface area contributed by atoms with Crippen LogP contribution < -0.4 is 15.4 Å². The molecular weight excluding hydrogens is 520 g/mol. The van der Waals surface area contributed by atoms with Gasteiger partial charge in [0.25, 0.3) is 11.8 Å². The summed E-state index contributed by atoms with van der Waals surface area (Å²) in [6.45, 7) is 0.358. The van der Waals surface area contributed by atoms with Crippen LogP contribution in [0.15, 0.2) is 66.9 Å². The van der Waals surface area contributed by atoms with Crippen LogP contribution in [-0.4, -0.2) is 69.1 Å². The average Bonchev–Trinajstić information content (AvgIpc) is 3.08. The first kappa shape index (κ1) is 28.0. The number of aliphatic carboxylic acids is 1. The SMILES string of the molecule is O=C[C@H](CC(=O)O)NC(=O)[C@@H]1CC=CN2C(=O)CC[C@H](NC(=O)c3ccc(OCc4ccccc4)cc3)C(=O)N12.